The van der Waals surface area contributed by atoms with Crippen LogP contribution in [0, 0.1) is 12.7 Å². The molecule has 0 unspecified atom stereocenters. The molecule has 0 atom stereocenters. The Bertz CT molecular complexity index is 644. The van der Waals surface area contributed by atoms with Crippen molar-refractivity contribution in [1.82, 2.24) is 5.32 Å². The molecule has 0 fully saturated rings. The Morgan fingerprint density at radius 3 is 2.64 bits per heavy atom. The molecule has 2 aromatic rings. The van der Waals surface area contributed by atoms with E-state index in [9.17, 15) is 9.18 Å². The van der Waals surface area contributed by atoms with Gasteiger partial charge in [0.1, 0.15) is 5.82 Å². The van der Waals surface area contributed by atoms with E-state index in [4.69, 9.17) is 11.6 Å². The predicted octanol–water partition coefficient (Wildman–Crippen LogP) is 3.91. The van der Waals surface area contributed by atoms with Gasteiger partial charge in [0.15, 0.2) is 0 Å². The van der Waals surface area contributed by atoms with Crippen LogP contribution in [0.2, 0.25) is 5.02 Å². The molecule has 0 spiro atoms. The van der Waals surface area contributed by atoms with Crippen LogP contribution in [0.1, 0.15) is 17.5 Å². The Kier molecular flexibility index (Phi) is 5.92. The van der Waals surface area contributed by atoms with Crippen molar-refractivity contribution in [3.63, 3.8) is 0 Å². The summed E-state index contributed by atoms with van der Waals surface area (Å²) >= 11 is 5.92. The number of rotatable bonds is 6. The fraction of sp³-hybridized carbons (Fsp3) is 0.235. The first-order valence-corrected chi connectivity index (χ1v) is 7.43. The van der Waals surface area contributed by atoms with Gasteiger partial charge >= 0.3 is 0 Å². The van der Waals surface area contributed by atoms with Gasteiger partial charge in [0.2, 0.25) is 5.91 Å². The van der Waals surface area contributed by atoms with Gasteiger partial charge in [-0.3, -0.25) is 4.79 Å². The van der Waals surface area contributed by atoms with Gasteiger partial charge in [0.25, 0.3) is 0 Å². The highest BCUT2D eigenvalue weighted by Crippen LogP contribution is 2.20. The SMILES string of the molecule is Cc1ccc(Cl)cc1NC(=O)CCNCc1ccc(F)cc1. The summed E-state index contributed by atoms with van der Waals surface area (Å²) < 4.78 is 12.8. The molecule has 3 nitrogen and oxygen atoms in total. The molecule has 22 heavy (non-hydrogen) atoms. The Morgan fingerprint density at radius 1 is 1.18 bits per heavy atom. The lowest BCUT2D eigenvalue weighted by Crippen LogP contribution is -2.21. The summed E-state index contributed by atoms with van der Waals surface area (Å²) in [5.41, 5.74) is 2.68. The zero-order valence-corrected chi connectivity index (χ0v) is 13.1. The average Bonchev–Trinajstić information content (AvgIpc) is 2.49. The van der Waals surface area contributed by atoms with Crippen LogP contribution in [-0.2, 0) is 11.3 Å². The molecule has 0 aliphatic carbocycles. The fourth-order valence-corrected chi connectivity index (χ4v) is 2.15. The van der Waals surface area contributed by atoms with Gasteiger partial charge in [0.05, 0.1) is 0 Å². The maximum atomic E-state index is 12.8. The van der Waals surface area contributed by atoms with Gasteiger partial charge in [0, 0.05) is 30.2 Å². The van der Waals surface area contributed by atoms with Crippen LogP contribution in [-0.4, -0.2) is 12.5 Å². The van der Waals surface area contributed by atoms with E-state index in [1.165, 1.54) is 12.1 Å². The molecule has 0 radical (unpaired) electrons. The normalized spacial score (nSPS) is 10.5. The third kappa shape index (κ3) is 5.13. The summed E-state index contributed by atoms with van der Waals surface area (Å²) in [5, 5.41) is 6.59. The largest absolute Gasteiger partial charge is 0.326 e. The second-order valence-electron chi connectivity index (χ2n) is 5.06. The monoisotopic (exact) mass is 320 g/mol. The molecule has 0 aromatic heterocycles. The molecule has 1 amide bonds. The molecular formula is C17H18ClFN2O. The lowest BCUT2D eigenvalue weighted by Gasteiger charge is -2.09. The van der Waals surface area contributed by atoms with E-state index in [0.29, 0.717) is 24.5 Å². The number of carbonyl (C=O) groups is 1. The second kappa shape index (κ2) is 7.92. The number of amides is 1. The average molecular weight is 321 g/mol. The molecule has 0 heterocycles. The van der Waals surface area contributed by atoms with Crippen LogP contribution in [0.3, 0.4) is 0 Å². The Morgan fingerprint density at radius 2 is 1.91 bits per heavy atom. The van der Waals surface area contributed by atoms with Crippen LogP contribution in [0.4, 0.5) is 10.1 Å². The molecule has 0 saturated carbocycles. The van der Waals surface area contributed by atoms with E-state index in [1.54, 1.807) is 24.3 Å². The number of hydrogen-bond donors (Lipinski definition) is 2. The number of benzene rings is 2. The van der Waals surface area contributed by atoms with E-state index in [0.717, 1.165) is 16.8 Å². The van der Waals surface area contributed by atoms with Gasteiger partial charge in [-0.15, -0.1) is 0 Å². The minimum atomic E-state index is -0.250. The van der Waals surface area contributed by atoms with Crippen molar-refractivity contribution in [2.75, 3.05) is 11.9 Å². The Labute approximate surface area is 134 Å². The summed E-state index contributed by atoms with van der Waals surface area (Å²) in [4.78, 5) is 11.9. The van der Waals surface area contributed by atoms with Crippen LogP contribution in [0.25, 0.3) is 0 Å². The van der Waals surface area contributed by atoms with Gasteiger partial charge in [-0.2, -0.15) is 0 Å². The van der Waals surface area contributed by atoms with E-state index in [2.05, 4.69) is 10.6 Å². The Hall–Kier alpha value is -1.91. The van der Waals surface area contributed by atoms with E-state index >= 15 is 0 Å². The van der Waals surface area contributed by atoms with Crippen molar-refractivity contribution >= 4 is 23.2 Å². The van der Waals surface area contributed by atoms with Crippen molar-refractivity contribution in [2.45, 2.75) is 19.9 Å². The minimum absolute atomic E-state index is 0.0722. The van der Waals surface area contributed by atoms with Crippen molar-refractivity contribution in [2.24, 2.45) is 0 Å². The van der Waals surface area contributed by atoms with Gasteiger partial charge < -0.3 is 10.6 Å². The molecular weight excluding hydrogens is 303 g/mol. The van der Waals surface area contributed by atoms with Crippen molar-refractivity contribution in [3.8, 4) is 0 Å². The number of halogens is 2. The molecule has 2 N–H and O–H groups in total. The molecule has 0 saturated heterocycles. The third-order valence-corrected chi connectivity index (χ3v) is 3.48. The minimum Gasteiger partial charge on any atom is -0.326 e. The van der Waals surface area contributed by atoms with E-state index in [1.807, 2.05) is 13.0 Å². The lowest BCUT2D eigenvalue weighted by molar-refractivity contribution is -0.116. The van der Waals surface area contributed by atoms with Crippen LogP contribution in [0.5, 0.6) is 0 Å². The van der Waals surface area contributed by atoms with Crippen molar-refractivity contribution < 1.29 is 9.18 Å². The highest BCUT2D eigenvalue weighted by Gasteiger charge is 2.05. The molecule has 5 heteroatoms. The van der Waals surface area contributed by atoms with Crippen LogP contribution in [0.15, 0.2) is 42.5 Å². The predicted molar refractivity (Wildman–Crippen MR) is 87.5 cm³/mol. The topological polar surface area (TPSA) is 41.1 Å². The highest BCUT2D eigenvalue weighted by molar-refractivity contribution is 6.31. The van der Waals surface area contributed by atoms with Gasteiger partial charge in [-0.05, 0) is 42.3 Å². The van der Waals surface area contributed by atoms with Crippen molar-refractivity contribution in [3.05, 3.63) is 64.4 Å². The van der Waals surface area contributed by atoms with Gasteiger partial charge in [-0.25, -0.2) is 4.39 Å². The molecule has 0 aliphatic heterocycles. The first-order chi connectivity index (χ1) is 10.5. The summed E-state index contributed by atoms with van der Waals surface area (Å²) in [6.45, 7) is 3.06. The summed E-state index contributed by atoms with van der Waals surface area (Å²) in [6.07, 6.45) is 0.354. The zero-order valence-electron chi connectivity index (χ0n) is 12.3. The molecule has 0 aliphatic rings. The van der Waals surface area contributed by atoms with E-state index in [-0.39, 0.29) is 11.7 Å². The second-order valence-corrected chi connectivity index (χ2v) is 5.50. The fourth-order valence-electron chi connectivity index (χ4n) is 1.98. The van der Waals surface area contributed by atoms with Crippen LogP contribution >= 0.6 is 11.6 Å². The lowest BCUT2D eigenvalue weighted by atomic mass is 10.2. The summed E-state index contributed by atoms with van der Waals surface area (Å²) in [6, 6.07) is 11.7. The van der Waals surface area contributed by atoms with Crippen molar-refractivity contribution in [1.29, 1.82) is 0 Å². The summed E-state index contributed by atoms with van der Waals surface area (Å²) in [5.74, 6) is -0.322. The third-order valence-electron chi connectivity index (χ3n) is 3.24. The number of hydrogen-bond acceptors (Lipinski definition) is 2. The smallest absolute Gasteiger partial charge is 0.225 e. The maximum Gasteiger partial charge on any atom is 0.225 e. The number of nitrogens with one attached hydrogen (secondary N) is 2. The maximum absolute atomic E-state index is 12.8. The molecule has 0 bridgehead atoms. The molecule has 2 aromatic carbocycles. The van der Waals surface area contributed by atoms with Gasteiger partial charge in [-0.1, -0.05) is 29.8 Å². The molecule has 2 rings (SSSR count). The van der Waals surface area contributed by atoms with E-state index < -0.39 is 0 Å². The first kappa shape index (κ1) is 16.5. The molecule has 116 valence electrons. The number of anilines is 1. The van der Waals surface area contributed by atoms with Crippen LogP contribution < -0.4 is 10.6 Å². The standard InChI is InChI=1S/C17H18ClFN2O/c1-12-2-5-14(18)10-16(12)21-17(22)8-9-20-11-13-3-6-15(19)7-4-13/h2-7,10,20H,8-9,11H2,1H3,(H,21,22). The quantitative estimate of drug-likeness (QED) is 0.792. The number of aryl methyl sites for hydroxylation is 1. The number of carbonyl (C=O) groups excluding carboxylic acids is 1. The zero-order chi connectivity index (χ0) is 15.9. The Balaban J connectivity index is 1.74. The summed E-state index contributed by atoms with van der Waals surface area (Å²) in [7, 11) is 0. The highest BCUT2D eigenvalue weighted by atomic mass is 35.5. The first-order valence-electron chi connectivity index (χ1n) is 7.06.